The molecule has 18 heavy (non-hydrogen) atoms. The van der Waals surface area contributed by atoms with Gasteiger partial charge in [-0.25, -0.2) is 8.42 Å². The van der Waals surface area contributed by atoms with Crippen molar-refractivity contribution < 1.29 is 8.42 Å². The minimum absolute atomic E-state index is 0.145. The molecular formula is C11H20N4O2S. The molecule has 1 aliphatic rings. The molecule has 0 aromatic carbocycles. The van der Waals surface area contributed by atoms with Crippen LogP contribution in [0.5, 0.6) is 0 Å². The van der Waals surface area contributed by atoms with E-state index in [-0.39, 0.29) is 11.5 Å². The van der Waals surface area contributed by atoms with Crippen LogP contribution in [0.25, 0.3) is 0 Å². The standard InChI is InChI=1S/C11H20N4O2S/c1-4-8-9(12)10(15(3)14-8)13-11(2)5-6-18(16,17)7-11/h13H,4-7,12H2,1-3H3. The zero-order valence-corrected chi connectivity index (χ0v) is 11.8. The molecule has 1 fully saturated rings. The lowest BCUT2D eigenvalue weighted by Crippen LogP contribution is -2.37. The first-order valence-corrected chi connectivity index (χ1v) is 7.88. The molecule has 1 aliphatic heterocycles. The predicted octanol–water partition coefficient (Wildman–Crippen LogP) is 0.554. The lowest BCUT2D eigenvalue weighted by molar-refractivity contribution is 0.565. The molecule has 6 nitrogen and oxygen atoms in total. The number of aryl methyl sites for hydroxylation is 2. The molecule has 0 aliphatic carbocycles. The Morgan fingerprint density at radius 2 is 2.22 bits per heavy atom. The molecule has 7 heteroatoms. The van der Waals surface area contributed by atoms with E-state index in [1.54, 1.807) is 4.68 Å². The van der Waals surface area contributed by atoms with Crippen molar-refractivity contribution in [3.8, 4) is 0 Å². The van der Waals surface area contributed by atoms with Gasteiger partial charge in [-0.1, -0.05) is 6.92 Å². The highest BCUT2D eigenvalue weighted by molar-refractivity contribution is 7.91. The normalized spacial score (nSPS) is 26.4. The van der Waals surface area contributed by atoms with Crippen molar-refractivity contribution in [1.82, 2.24) is 9.78 Å². The van der Waals surface area contributed by atoms with Crippen molar-refractivity contribution in [2.75, 3.05) is 22.6 Å². The second-order valence-electron chi connectivity index (χ2n) is 5.21. The Hall–Kier alpha value is -1.24. The van der Waals surface area contributed by atoms with Crippen LogP contribution in [0.4, 0.5) is 11.5 Å². The first-order valence-electron chi connectivity index (χ1n) is 6.06. The fraction of sp³-hybridized carbons (Fsp3) is 0.727. The van der Waals surface area contributed by atoms with Gasteiger partial charge < -0.3 is 11.1 Å². The summed E-state index contributed by atoms with van der Waals surface area (Å²) in [5.41, 5.74) is 7.03. The Labute approximate surface area is 107 Å². The summed E-state index contributed by atoms with van der Waals surface area (Å²) in [6, 6.07) is 0. The molecule has 0 radical (unpaired) electrons. The Morgan fingerprint density at radius 1 is 1.56 bits per heavy atom. The topological polar surface area (TPSA) is 90.0 Å². The molecule has 0 saturated carbocycles. The number of nitrogens with one attached hydrogen (secondary N) is 1. The van der Waals surface area contributed by atoms with Crippen molar-refractivity contribution in [2.45, 2.75) is 32.2 Å². The van der Waals surface area contributed by atoms with Gasteiger partial charge in [-0.2, -0.15) is 5.10 Å². The molecular weight excluding hydrogens is 252 g/mol. The van der Waals surface area contributed by atoms with Crippen LogP contribution in [0, 0.1) is 0 Å². The first-order chi connectivity index (χ1) is 8.26. The first kappa shape index (κ1) is 13.2. The molecule has 1 unspecified atom stereocenters. The van der Waals surface area contributed by atoms with Crippen molar-refractivity contribution in [3.05, 3.63) is 5.69 Å². The third-order valence-corrected chi connectivity index (χ3v) is 5.32. The van der Waals surface area contributed by atoms with Crippen LogP contribution in [0.1, 0.15) is 26.0 Å². The van der Waals surface area contributed by atoms with E-state index in [0.29, 0.717) is 17.9 Å². The molecule has 3 N–H and O–H groups in total. The number of aromatic nitrogens is 2. The van der Waals surface area contributed by atoms with Gasteiger partial charge in [-0.05, 0) is 19.8 Å². The number of nitrogens with two attached hydrogens (primary N) is 1. The molecule has 0 spiro atoms. The van der Waals surface area contributed by atoms with Gasteiger partial charge in [0, 0.05) is 7.05 Å². The Kier molecular flexibility index (Phi) is 3.04. The molecule has 2 rings (SSSR count). The number of nitrogen functional groups attached to an aromatic ring is 1. The molecule has 1 aromatic rings. The van der Waals surface area contributed by atoms with Crippen molar-refractivity contribution in [1.29, 1.82) is 0 Å². The minimum Gasteiger partial charge on any atom is -0.394 e. The summed E-state index contributed by atoms with van der Waals surface area (Å²) in [5, 5.41) is 7.58. The lowest BCUT2D eigenvalue weighted by Gasteiger charge is -2.25. The van der Waals surface area contributed by atoms with Gasteiger partial charge in [0.25, 0.3) is 0 Å². The molecule has 1 aromatic heterocycles. The number of hydrogen-bond donors (Lipinski definition) is 2. The van der Waals surface area contributed by atoms with Gasteiger partial charge in [0.15, 0.2) is 9.84 Å². The van der Waals surface area contributed by atoms with Gasteiger partial charge >= 0.3 is 0 Å². The summed E-state index contributed by atoms with van der Waals surface area (Å²) in [5.74, 6) is 1.09. The lowest BCUT2D eigenvalue weighted by atomic mass is 10.0. The maximum Gasteiger partial charge on any atom is 0.152 e. The van der Waals surface area contributed by atoms with Crippen molar-refractivity contribution in [2.24, 2.45) is 7.05 Å². The zero-order chi connectivity index (χ0) is 13.6. The fourth-order valence-electron chi connectivity index (χ4n) is 2.40. The van der Waals surface area contributed by atoms with Gasteiger partial charge in [0.2, 0.25) is 0 Å². The van der Waals surface area contributed by atoms with E-state index in [9.17, 15) is 8.42 Å². The summed E-state index contributed by atoms with van der Waals surface area (Å²) in [4.78, 5) is 0. The third kappa shape index (κ3) is 2.31. The number of hydrogen-bond acceptors (Lipinski definition) is 5. The van der Waals surface area contributed by atoms with Crippen LogP contribution >= 0.6 is 0 Å². The highest BCUT2D eigenvalue weighted by atomic mass is 32.2. The highest BCUT2D eigenvalue weighted by Gasteiger charge is 2.39. The van der Waals surface area contributed by atoms with E-state index in [0.717, 1.165) is 12.1 Å². The molecule has 1 saturated heterocycles. The van der Waals surface area contributed by atoms with E-state index in [1.807, 2.05) is 20.9 Å². The van der Waals surface area contributed by atoms with Crippen molar-refractivity contribution in [3.63, 3.8) is 0 Å². The largest absolute Gasteiger partial charge is 0.394 e. The zero-order valence-electron chi connectivity index (χ0n) is 11.0. The predicted molar refractivity (Wildman–Crippen MR) is 72.3 cm³/mol. The Morgan fingerprint density at radius 3 is 2.67 bits per heavy atom. The summed E-state index contributed by atoms with van der Waals surface area (Å²) < 4.78 is 24.8. The second-order valence-corrected chi connectivity index (χ2v) is 7.40. The van der Waals surface area contributed by atoms with Crippen LogP contribution in [-0.4, -0.2) is 35.2 Å². The summed E-state index contributed by atoms with van der Waals surface area (Å²) in [6.07, 6.45) is 1.36. The maximum atomic E-state index is 11.6. The van der Waals surface area contributed by atoms with Crippen LogP contribution in [0.2, 0.25) is 0 Å². The van der Waals surface area contributed by atoms with E-state index >= 15 is 0 Å². The number of nitrogens with zero attached hydrogens (tertiary/aromatic N) is 2. The molecule has 0 amide bonds. The van der Waals surface area contributed by atoms with E-state index in [1.165, 1.54) is 0 Å². The van der Waals surface area contributed by atoms with Gasteiger partial charge in [-0.15, -0.1) is 0 Å². The van der Waals surface area contributed by atoms with E-state index in [2.05, 4.69) is 10.4 Å². The average Bonchev–Trinajstić information content (AvgIpc) is 2.69. The monoisotopic (exact) mass is 272 g/mol. The van der Waals surface area contributed by atoms with Gasteiger partial charge in [0.1, 0.15) is 5.82 Å². The number of sulfone groups is 1. The summed E-state index contributed by atoms with van der Waals surface area (Å²) in [7, 11) is -1.12. The second kappa shape index (κ2) is 4.15. The van der Waals surface area contributed by atoms with E-state index < -0.39 is 15.4 Å². The van der Waals surface area contributed by atoms with Gasteiger partial charge in [-0.3, -0.25) is 4.68 Å². The number of rotatable bonds is 3. The average molecular weight is 272 g/mol. The van der Waals surface area contributed by atoms with Crippen LogP contribution < -0.4 is 11.1 Å². The summed E-state index contributed by atoms with van der Waals surface area (Å²) >= 11 is 0. The van der Waals surface area contributed by atoms with Crippen LogP contribution in [-0.2, 0) is 23.3 Å². The van der Waals surface area contributed by atoms with E-state index in [4.69, 9.17) is 5.73 Å². The summed E-state index contributed by atoms with van der Waals surface area (Å²) in [6.45, 7) is 3.90. The molecule has 102 valence electrons. The number of anilines is 2. The van der Waals surface area contributed by atoms with Crippen LogP contribution in [0.15, 0.2) is 0 Å². The maximum absolute atomic E-state index is 11.6. The smallest absolute Gasteiger partial charge is 0.152 e. The minimum atomic E-state index is -2.93. The van der Waals surface area contributed by atoms with Crippen molar-refractivity contribution >= 4 is 21.3 Å². The van der Waals surface area contributed by atoms with Crippen LogP contribution in [0.3, 0.4) is 0 Å². The molecule has 2 heterocycles. The quantitative estimate of drug-likeness (QED) is 0.839. The fourth-order valence-corrected chi connectivity index (χ4v) is 4.49. The molecule has 0 bridgehead atoms. The highest BCUT2D eigenvalue weighted by Crippen LogP contribution is 2.31. The molecule has 1 atom stereocenters. The Balaban J connectivity index is 2.28. The van der Waals surface area contributed by atoms with Gasteiger partial charge in [0.05, 0.1) is 28.4 Å². The SMILES string of the molecule is CCc1nn(C)c(NC2(C)CCS(=O)(=O)C2)c1N. The Bertz CT molecular complexity index is 564. The third-order valence-electron chi connectivity index (χ3n) is 3.42.